The van der Waals surface area contributed by atoms with Crippen molar-refractivity contribution in [2.75, 3.05) is 18.1 Å². The van der Waals surface area contributed by atoms with Crippen LogP contribution in [0.1, 0.15) is 31.0 Å². The SMILES string of the molecule is CC(CCNc1ccc2c(n1)CCC2)S(C)=O. The zero-order chi connectivity index (χ0) is 12.3. The van der Waals surface area contributed by atoms with Gasteiger partial charge in [-0.1, -0.05) is 13.0 Å². The molecule has 0 spiro atoms. The molecule has 0 aromatic carbocycles. The third-order valence-electron chi connectivity index (χ3n) is 3.35. The molecule has 3 nitrogen and oxygen atoms in total. The van der Waals surface area contributed by atoms with Gasteiger partial charge in [-0.2, -0.15) is 0 Å². The van der Waals surface area contributed by atoms with Gasteiger partial charge in [0.2, 0.25) is 0 Å². The van der Waals surface area contributed by atoms with Gasteiger partial charge in [0, 0.05) is 34.5 Å². The maximum absolute atomic E-state index is 11.2. The van der Waals surface area contributed by atoms with E-state index in [4.69, 9.17) is 0 Å². The number of aromatic nitrogens is 1. The summed E-state index contributed by atoms with van der Waals surface area (Å²) in [4.78, 5) is 4.61. The summed E-state index contributed by atoms with van der Waals surface area (Å²) in [6, 6.07) is 4.23. The van der Waals surface area contributed by atoms with E-state index in [1.807, 2.05) is 6.92 Å². The number of hydrogen-bond donors (Lipinski definition) is 1. The highest BCUT2D eigenvalue weighted by Crippen LogP contribution is 2.21. The first-order valence-corrected chi connectivity index (χ1v) is 7.84. The predicted octanol–water partition coefficient (Wildman–Crippen LogP) is 2.14. The topological polar surface area (TPSA) is 42.0 Å². The van der Waals surface area contributed by atoms with Gasteiger partial charge in [-0.05, 0) is 37.3 Å². The summed E-state index contributed by atoms with van der Waals surface area (Å²) in [6.45, 7) is 2.86. The summed E-state index contributed by atoms with van der Waals surface area (Å²) < 4.78 is 11.2. The zero-order valence-electron chi connectivity index (χ0n) is 10.5. The van der Waals surface area contributed by atoms with E-state index < -0.39 is 10.8 Å². The smallest absolute Gasteiger partial charge is 0.126 e. The van der Waals surface area contributed by atoms with Crippen LogP contribution in [0, 0.1) is 0 Å². The van der Waals surface area contributed by atoms with E-state index in [1.165, 1.54) is 24.1 Å². The number of anilines is 1. The first-order valence-electron chi connectivity index (χ1n) is 6.21. The fourth-order valence-electron chi connectivity index (χ4n) is 2.09. The first-order chi connectivity index (χ1) is 8.16. The number of rotatable bonds is 5. The number of nitrogens with zero attached hydrogens (tertiary/aromatic N) is 1. The number of fused-ring (bicyclic) bond motifs is 1. The summed E-state index contributed by atoms with van der Waals surface area (Å²) in [5.74, 6) is 0.958. The Morgan fingerprint density at radius 1 is 1.47 bits per heavy atom. The minimum absolute atomic E-state index is 0.247. The molecule has 0 fully saturated rings. The molecule has 17 heavy (non-hydrogen) atoms. The van der Waals surface area contributed by atoms with Crippen LogP contribution in [0.4, 0.5) is 5.82 Å². The van der Waals surface area contributed by atoms with E-state index in [0.29, 0.717) is 0 Å². The molecule has 0 saturated heterocycles. The van der Waals surface area contributed by atoms with Crippen molar-refractivity contribution in [2.24, 2.45) is 0 Å². The van der Waals surface area contributed by atoms with Crippen molar-refractivity contribution in [1.29, 1.82) is 0 Å². The molecule has 4 heteroatoms. The van der Waals surface area contributed by atoms with Gasteiger partial charge >= 0.3 is 0 Å². The van der Waals surface area contributed by atoms with Crippen LogP contribution in [0.3, 0.4) is 0 Å². The molecular weight excluding hydrogens is 232 g/mol. The number of pyridine rings is 1. The lowest BCUT2D eigenvalue weighted by molar-refractivity contribution is 0.672. The maximum atomic E-state index is 11.2. The monoisotopic (exact) mass is 252 g/mol. The Hall–Kier alpha value is -0.900. The molecule has 94 valence electrons. The van der Waals surface area contributed by atoms with Gasteiger partial charge < -0.3 is 5.32 Å². The van der Waals surface area contributed by atoms with Crippen LogP contribution in [0.25, 0.3) is 0 Å². The Morgan fingerprint density at radius 2 is 2.29 bits per heavy atom. The van der Waals surface area contributed by atoms with Gasteiger partial charge in [-0.3, -0.25) is 4.21 Å². The minimum atomic E-state index is -0.728. The third kappa shape index (κ3) is 3.28. The first kappa shape index (κ1) is 12.6. The van der Waals surface area contributed by atoms with Crippen molar-refractivity contribution in [3.05, 3.63) is 23.4 Å². The van der Waals surface area contributed by atoms with Gasteiger partial charge in [0.15, 0.2) is 0 Å². The van der Waals surface area contributed by atoms with Crippen molar-refractivity contribution in [2.45, 2.75) is 37.9 Å². The molecule has 0 aliphatic heterocycles. The molecule has 1 heterocycles. The average Bonchev–Trinajstić information content (AvgIpc) is 2.75. The number of aryl methyl sites for hydroxylation is 2. The van der Waals surface area contributed by atoms with E-state index in [9.17, 15) is 4.21 Å². The van der Waals surface area contributed by atoms with Gasteiger partial charge in [0.05, 0.1) is 0 Å². The van der Waals surface area contributed by atoms with E-state index in [1.54, 1.807) is 6.26 Å². The minimum Gasteiger partial charge on any atom is -0.370 e. The lowest BCUT2D eigenvalue weighted by atomic mass is 10.2. The summed E-state index contributed by atoms with van der Waals surface area (Å²) in [6.07, 6.45) is 6.20. The molecule has 1 N–H and O–H groups in total. The lowest BCUT2D eigenvalue weighted by Crippen LogP contribution is -2.15. The van der Waals surface area contributed by atoms with Crippen molar-refractivity contribution < 1.29 is 4.21 Å². The molecule has 0 saturated carbocycles. The standard InChI is InChI=1S/C13H20N2OS/c1-10(17(2)16)8-9-14-13-7-6-11-4-3-5-12(11)15-13/h6-7,10H,3-5,8-9H2,1-2H3,(H,14,15). The second-order valence-corrected chi connectivity index (χ2v) is 6.48. The summed E-state index contributed by atoms with van der Waals surface area (Å²) in [7, 11) is -0.728. The van der Waals surface area contributed by atoms with Gasteiger partial charge in [0.1, 0.15) is 5.82 Å². The van der Waals surface area contributed by atoms with E-state index >= 15 is 0 Å². The van der Waals surface area contributed by atoms with Crippen LogP contribution in [0.2, 0.25) is 0 Å². The Labute approximate surface area is 105 Å². The third-order valence-corrected chi connectivity index (χ3v) is 4.72. The Kier molecular flexibility index (Phi) is 4.15. The number of nitrogens with one attached hydrogen (secondary N) is 1. The second-order valence-electron chi connectivity index (χ2n) is 4.68. The molecule has 2 rings (SSSR count). The second kappa shape index (κ2) is 5.63. The van der Waals surface area contributed by atoms with Crippen LogP contribution >= 0.6 is 0 Å². The maximum Gasteiger partial charge on any atom is 0.126 e. The van der Waals surface area contributed by atoms with E-state index in [-0.39, 0.29) is 5.25 Å². The Balaban J connectivity index is 1.85. The van der Waals surface area contributed by atoms with Gasteiger partial charge in [0.25, 0.3) is 0 Å². The molecule has 0 amide bonds. The van der Waals surface area contributed by atoms with Crippen LogP contribution in [-0.4, -0.2) is 27.2 Å². The molecule has 1 aromatic heterocycles. The largest absolute Gasteiger partial charge is 0.370 e. The van der Waals surface area contributed by atoms with Crippen molar-refractivity contribution in [3.8, 4) is 0 Å². The average molecular weight is 252 g/mol. The van der Waals surface area contributed by atoms with E-state index in [0.717, 1.165) is 25.2 Å². The number of hydrogen-bond acceptors (Lipinski definition) is 3. The van der Waals surface area contributed by atoms with E-state index in [2.05, 4.69) is 22.4 Å². The summed E-state index contributed by atoms with van der Waals surface area (Å²) in [5.41, 5.74) is 2.65. The Morgan fingerprint density at radius 3 is 3.06 bits per heavy atom. The van der Waals surface area contributed by atoms with Gasteiger partial charge in [-0.25, -0.2) is 4.98 Å². The fourth-order valence-corrected chi connectivity index (χ4v) is 2.54. The lowest BCUT2D eigenvalue weighted by Gasteiger charge is -2.10. The van der Waals surface area contributed by atoms with Gasteiger partial charge in [-0.15, -0.1) is 0 Å². The molecule has 1 aromatic rings. The highest BCUT2D eigenvalue weighted by atomic mass is 32.2. The fraction of sp³-hybridized carbons (Fsp3) is 0.615. The summed E-state index contributed by atoms with van der Waals surface area (Å²) in [5, 5.41) is 3.56. The molecule has 2 atom stereocenters. The summed E-state index contributed by atoms with van der Waals surface area (Å²) >= 11 is 0. The molecular formula is C13H20N2OS. The van der Waals surface area contributed by atoms with Crippen molar-refractivity contribution in [1.82, 2.24) is 4.98 Å². The quantitative estimate of drug-likeness (QED) is 0.873. The van der Waals surface area contributed by atoms with Crippen LogP contribution < -0.4 is 5.32 Å². The zero-order valence-corrected chi connectivity index (χ0v) is 11.3. The highest BCUT2D eigenvalue weighted by Gasteiger charge is 2.12. The normalized spacial score (nSPS) is 17.5. The van der Waals surface area contributed by atoms with Crippen molar-refractivity contribution >= 4 is 16.6 Å². The Bertz CT molecular complexity index is 420. The van der Waals surface area contributed by atoms with Crippen LogP contribution in [0.5, 0.6) is 0 Å². The molecule has 1 aliphatic rings. The van der Waals surface area contributed by atoms with Crippen molar-refractivity contribution in [3.63, 3.8) is 0 Å². The highest BCUT2D eigenvalue weighted by molar-refractivity contribution is 7.84. The molecule has 2 unspecified atom stereocenters. The molecule has 1 aliphatic carbocycles. The molecule has 0 radical (unpaired) electrons. The van der Waals surface area contributed by atoms with Crippen LogP contribution in [-0.2, 0) is 23.6 Å². The molecule has 0 bridgehead atoms. The van der Waals surface area contributed by atoms with Crippen LogP contribution in [0.15, 0.2) is 12.1 Å². The predicted molar refractivity (Wildman–Crippen MR) is 72.9 cm³/mol.